The molecule has 4 aromatic rings. The van der Waals surface area contributed by atoms with Crippen molar-refractivity contribution in [3.63, 3.8) is 0 Å². The normalized spacial score (nSPS) is 11.4. The number of fused-ring (bicyclic) bond motifs is 1. The largest absolute Gasteiger partial charge is 0.497 e. The minimum absolute atomic E-state index is 0.742. The van der Waals surface area contributed by atoms with Gasteiger partial charge in [0.25, 0.3) is 0 Å². The van der Waals surface area contributed by atoms with Gasteiger partial charge in [-0.05, 0) is 30.3 Å². The van der Waals surface area contributed by atoms with Gasteiger partial charge in [-0.25, -0.2) is 9.98 Å². The zero-order valence-electron chi connectivity index (χ0n) is 13.1. The molecule has 4 rings (SSSR count). The van der Waals surface area contributed by atoms with E-state index in [2.05, 4.69) is 27.1 Å². The number of hydrogen-bond acceptors (Lipinski definition) is 4. The lowest BCUT2D eigenvalue weighted by Crippen LogP contribution is -1.82. The first kappa shape index (κ1) is 14.7. The summed E-state index contributed by atoms with van der Waals surface area (Å²) in [5.41, 5.74) is 4.15. The number of methoxy groups -OCH3 is 1. The SMILES string of the molecule is COc1ccc(-c2csc(/N=C/c3c[nH]c4ccccc34)n2)cc1. The number of nitrogens with one attached hydrogen (secondary N) is 1. The Morgan fingerprint density at radius 1 is 1.12 bits per heavy atom. The van der Waals surface area contributed by atoms with Gasteiger partial charge in [0.05, 0.1) is 12.8 Å². The second kappa shape index (κ2) is 6.29. The van der Waals surface area contributed by atoms with Crippen LogP contribution in [-0.4, -0.2) is 23.3 Å². The average Bonchev–Trinajstić information content (AvgIpc) is 3.27. The number of ether oxygens (including phenoxy) is 1. The fourth-order valence-corrected chi connectivity index (χ4v) is 3.21. The summed E-state index contributed by atoms with van der Waals surface area (Å²) in [5.74, 6) is 0.839. The number of para-hydroxylation sites is 1. The molecule has 0 fully saturated rings. The quantitative estimate of drug-likeness (QED) is 0.531. The van der Waals surface area contributed by atoms with Gasteiger partial charge in [0.2, 0.25) is 5.13 Å². The number of aliphatic imine (C=N–C) groups is 1. The molecule has 0 atom stereocenters. The Morgan fingerprint density at radius 3 is 2.79 bits per heavy atom. The van der Waals surface area contributed by atoms with Crippen molar-refractivity contribution in [3.05, 3.63) is 65.7 Å². The summed E-state index contributed by atoms with van der Waals surface area (Å²) in [5, 5.41) is 3.92. The summed E-state index contributed by atoms with van der Waals surface area (Å²) in [6.45, 7) is 0. The molecule has 1 N–H and O–H groups in total. The minimum atomic E-state index is 0.742. The molecule has 0 radical (unpaired) electrons. The van der Waals surface area contributed by atoms with Crippen LogP contribution < -0.4 is 4.74 Å². The van der Waals surface area contributed by atoms with Crippen LogP contribution in [0.2, 0.25) is 0 Å². The van der Waals surface area contributed by atoms with Crippen LogP contribution in [0.3, 0.4) is 0 Å². The van der Waals surface area contributed by atoms with Crippen molar-refractivity contribution in [3.8, 4) is 17.0 Å². The molecule has 0 unspecified atom stereocenters. The third-order valence-corrected chi connectivity index (χ3v) is 4.56. The van der Waals surface area contributed by atoms with Crippen molar-refractivity contribution in [2.45, 2.75) is 0 Å². The third kappa shape index (κ3) is 2.81. The van der Waals surface area contributed by atoms with Crippen LogP contribution in [0.15, 0.2) is 65.1 Å². The van der Waals surface area contributed by atoms with Crippen LogP contribution in [-0.2, 0) is 0 Å². The maximum Gasteiger partial charge on any atom is 0.209 e. The lowest BCUT2D eigenvalue weighted by atomic mass is 10.2. The Hall–Kier alpha value is -2.92. The van der Waals surface area contributed by atoms with E-state index in [0.717, 1.165) is 38.6 Å². The molecule has 0 saturated heterocycles. The Morgan fingerprint density at radius 2 is 1.96 bits per heavy atom. The highest BCUT2D eigenvalue weighted by Gasteiger charge is 2.05. The molecular formula is C19H15N3OS. The van der Waals surface area contributed by atoms with Crippen molar-refractivity contribution in [2.24, 2.45) is 4.99 Å². The molecule has 0 aliphatic carbocycles. The maximum atomic E-state index is 5.18. The van der Waals surface area contributed by atoms with Crippen LogP contribution in [0.1, 0.15) is 5.56 Å². The van der Waals surface area contributed by atoms with Crippen molar-refractivity contribution >= 4 is 33.6 Å². The number of thiazole rings is 1. The van der Waals surface area contributed by atoms with Crippen molar-refractivity contribution in [1.82, 2.24) is 9.97 Å². The Labute approximate surface area is 143 Å². The maximum absolute atomic E-state index is 5.18. The molecule has 24 heavy (non-hydrogen) atoms. The molecule has 0 amide bonds. The number of aromatic nitrogens is 2. The summed E-state index contributed by atoms with van der Waals surface area (Å²) < 4.78 is 5.18. The predicted octanol–water partition coefficient (Wildman–Crippen LogP) is 5.05. The average molecular weight is 333 g/mol. The van der Waals surface area contributed by atoms with Crippen LogP contribution in [0.4, 0.5) is 5.13 Å². The summed E-state index contributed by atoms with van der Waals surface area (Å²) in [6, 6.07) is 16.0. The van der Waals surface area contributed by atoms with Gasteiger partial charge < -0.3 is 9.72 Å². The zero-order chi connectivity index (χ0) is 16.4. The van der Waals surface area contributed by atoms with Gasteiger partial charge in [-0.2, -0.15) is 0 Å². The molecule has 0 aliphatic heterocycles. The number of hydrogen-bond donors (Lipinski definition) is 1. The molecule has 118 valence electrons. The van der Waals surface area contributed by atoms with Crippen molar-refractivity contribution in [2.75, 3.05) is 7.11 Å². The van der Waals surface area contributed by atoms with Gasteiger partial charge >= 0.3 is 0 Å². The first-order valence-electron chi connectivity index (χ1n) is 7.53. The van der Waals surface area contributed by atoms with Crippen LogP contribution in [0.25, 0.3) is 22.2 Å². The number of aromatic amines is 1. The van der Waals surface area contributed by atoms with Crippen molar-refractivity contribution < 1.29 is 4.74 Å². The second-order valence-corrected chi connectivity index (χ2v) is 6.13. The molecule has 0 bridgehead atoms. The molecule has 0 aliphatic rings. The topological polar surface area (TPSA) is 50.3 Å². The first-order chi connectivity index (χ1) is 11.8. The van der Waals surface area contributed by atoms with Gasteiger partial charge in [-0.15, -0.1) is 11.3 Å². The molecule has 0 saturated carbocycles. The van der Waals surface area contributed by atoms with Gasteiger partial charge in [0, 0.05) is 39.8 Å². The van der Waals surface area contributed by atoms with E-state index in [1.54, 1.807) is 7.11 Å². The second-order valence-electron chi connectivity index (χ2n) is 5.29. The number of nitrogens with zero attached hydrogens (tertiary/aromatic N) is 2. The van der Waals surface area contributed by atoms with Gasteiger partial charge in [-0.3, -0.25) is 0 Å². The molecule has 2 heterocycles. The molecular weight excluding hydrogens is 318 g/mol. The van der Waals surface area contributed by atoms with Gasteiger partial charge in [-0.1, -0.05) is 18.2 Å². The number of benzene rings is 2. The number of H-pyrrole nitrogens is 1. The standard InChI is InChI=1S/C19H15N3OS/c1-23-15-8-6-13(7-9-15)18-12-24-19(22-18)21-11-14-10-20-17-5-3-2-4-16(14)17/h2-12,20H,1H3/b21-11+. The van der Waals surface area contributed by atoms with E-state index in [4.69, 9.17) is 4.74 Å². The number of rotatable bonds is 4. The lowest BCUT2D eigenvalue weighted by molar-refractivity contribution is 0.415. The van der Waals surface area contributed by atoms with Crippen molar-refractivity contribution in [1.29, 1.82) is 0 Å². The Bertz CT molecular complexity index is 999. The highest BCUT2D eigenvalue weighted by molar-refractivity contribution is 7.13. The predicted molar refractivity (Wildman–Crippen MR) is 99.7 cm³/mol. The van der Waals surface area contributed by atoms with E-state index in [-0.39, 0.29) is 0 Å². The molecule has 5 heteroatoms. The van der Waals surface area contributed by atoms with Crippen LogP contribution >= 0.6 is 11.3 Å². The molecule has 0 spiro atoms. The summed E-state index contributed by atoms with van der Waals surface area (Å²) in [7, 11) is 1.66. The third-order valence-electron chi connectivity index (χ3n) is 3.81. The van der Waals surface area contributed by atoms with E-state index < -0.39 is 0 Å². The zero-order valence-corrected chi connectivity index (χ0v) is 13.9. The molecule has 2 aromatic carbocycles. The van der Waals surface area contributed by atoms with E-state index in [1.165, 1.54) is 11.3 Å². The van der Waals surface area contributed by atoms with Gasteiger partial charge in [0.15, 0.2) is 0 Å². The van der Waals surface area contributed by atoms with E-state index in [9.17, 15) is 0 Å². The van der Waals surface area contributed by atoms with Gasteiger partial charge in [0.1, 0.15) is 5.75 Å². The molecule has 4 nitrogen and oxygen atoms in total. The Kier molecular flexibility index (Phi) is 3.84. The smallest absolute Gasteiger partial charge is 0.209 e. The van der Waals surface area contributed by atoms with Crippen LogP contribution in [0, 0.1) is 0 Å². The summed E-state index contributed by atoms with van der Waals surface area (Å²) in [6.07, 6.45) is 3.82. The minimum Gasteiger partial charge on any atom is -0.497 e. The molecule has 2 aromatic heterocycles. The highest BCUT2D eigenvalue weighted by atomic mass is 32.1. The summed E-state index contributed by atoms with van der Waals surface area (Å²) in [4.78, 5) is 12.3. The monoisotopic (exact) mass is 333 g/mol. The van der Waals surface area contributed by atoms with Crippen LogP contribution in [0.5, 0.6) is 5.75 Å². The van der Waals surface area contributed by atoms with E-state index in [1.807, 2.05) is 54.2 Å². The fraction of sp³-hybridized carbons (Fsp3) is 0.0526. The lowest BCUT2D eigenvalue weighted by Gasteiger charge is -2.00. The van der Waals surface area contributed by atoms with E-state index >= 15 is 0 Å². The first-order valence-corrected chi connectivity index (χ1v) is 8.41. The highest BCUT2D eigenvalue weighted by Crippen LogP contribution is 2.28. The fourth-order valence-electron chi connectivity index (χ4n) is 2.54. The Balaban J connectivity index is 1.58. The summed E-state index contributed by atoms with van der Waals surface area (Å²) >= 11 is 1.53. The van der Waals surface area contributed by atoms with E-state index in [0.29, 0.717) is 0 Å².